The molecule has 0 aromatic heterocycles. The number of nitrogens with two attached hydrogens (primary N) is 2. The van der Waals surface area contributed by atoms with Crippen LogP contribution in [0.25, 0.3) is 0 Å². The summed E-state index contributed by atoms with van der Waals surface area (Å²) in [4.78, 5) is 42.6. The topological polar surface area (TPSA) is 110 Å². The fraction of sp³-hybridized carbons (Fsp3) is 0.550. The van der Waals surface area contributed by atoms with Gasteiger partial charge in [0.15, 0.2) is 5.78 Å². The van der Waals surface area contributed by atoms with Crippen molar-refractivity contribution in [1.82, 2.24) is 0 Å². The SMILES string of the molecule is CC(C)CN1C(=O)C(N)(C(=O)[C@H](C)N)C(=O)N(CC(C)C)c2ccccc21.Cl. The molecule has 0 saturated heterocycles. The summed E-state index contributed by atoms with van der Waals surface area (Å²) in [6, 6.07) is 6.12. The first-order chi connectivity index (χ1) is 12.5. The minimum Gasteiger partial charge on any atom is -0.322 e. The zero-order valence-corrected chi connectivity index (χ0v) is 18.0. The van der Waals surface area contributed by atoms with Gasteiger partial charge in [0.05, 0.1) is 17.4 Å². The van der Waals surface area contributed by atoms with Crippen LogP contribution in [0.2, 0.25) is 0 Å². The quantitative estimate of drug-likeness (QED) is 0.694. The van der Waals surface area contributed by atoms with Gasteiger partial charge in [0.1, 0.15) is 0 Å². The van der Waals surface area contributed by atoms with Crippen molar-refractivity contribution in [2.24, 2.45) is 23.3 Å². The molecular formula is C20H31ClN4O3. The van der Waals surface area contributed by atoms with Crippen molar-refractivity contribution in [2.75, 3.05) is 22.9 Å². The average Bonchev–Trinajstić information content (AvgIpc) is 2.66. The first-order valence-electron chi connectivity index (χ1n) is 9.33. The number of ketones is 1. The van der Waals surface area contributed by atoms with Gasteiger partial charge in [-0.25, -0.2) is 0 Å². The first kappa shape index (κ1) is 24.1. The number of Topliss-reactive ketones (excluding diaryl/α,β-unsaturated/α-hetero) is 1. The molecule has 1 heterocycles. The van der Waals surface area contributed by atoms with Gasteiger partial charge in [0.2, 0.25) is 5.54 Å². The molecule has 0 fully saturated rings. The van der Waals surface area contributed by atoms with E-state index in [9.17, 15) is 14.4 Å². The van der Waals surface area contributed by atoms with Crippen LogP contribution in [0.5, 0.6) is 0 Å². The van der Waals surface area contributed by atoms with Crippen LogP contribution in [0.15, 0.2) is 24.3 Å². The lowest BCUT2D eigenvalue weighted by atomic mass is 9.87. The molecule has 8 heteroatoms. The van der Waals surface area contributed by atoms with Gasteiger partial charge in [-0.15, -0.1) is 12.4 Å². The standard InChI is InChI=1S/C20H30N4O3.ClH/c1-12(2)10-23-15-8-6-7-9-16(15)24(11-13(3)4)19(27)20(22,18(23)26)17(25)14(5)21;/h6-9,12-14H,10-11,21-22H2,1-5H3;1H/t14-;/m0./s1. The number of hydrogen-bond acceptors (Lipinski definition) is 5. The van der Waals surface area contributed by atoms with E-state index in [-0.39, 0.29) is 24.2 Å². The highest BCUT2D eigenvalue weighted by molar-refractivity contribution is 6.36. The third kappa shape index (κ3) is 4.21. The second-order valence-corrected chi connectivity index (χ2v) is 8.07. The number of carbonyl (C=O) groups is 3. The summed E-state index contributed by atoms with van der Waals surface area (Å²) in [5.74, 6) is -1.98. The van der Waals surface area contributed by atoms with Crippen LogP contribution in [0.1, 0.15) is 34.6 Å². The van der Waals surface area contributed by atoms with Crippen LogP contribution < -0.4 is 21.3 Å². The van der Waals surface area contributed by atoms with Crippen LogP contribution in [0.3, 0.4) is 0 Å². The maximum atomic E-state index is 13.4. The Morgan fingerprint density at radius 1 is 0.929 bits per heavy atom. The number of carbonyl (C=O) groups excluding carboxylic acids is 3. The monoisotopic (exact) mass is 410 g/mol. The van der Waals surface area contributed by atoms with Gasteiger partial charge in [0, 0.05) is 13.1 Å². The van der Waals surface area contributed by atoms with Crippen molar-refractivity contribution in [2.45, 2.75) is 46.2 Å². The molecule has 2 amide bonds. The van der Waals surface area contributed by atoms with Crippen molar-refractivity contribution in [3.05, 3.63) is 24.3 Å². The van der Waals surface area contributed by atoms with Crippen molar-refractivity contribution in [3.63, 3.8) is 0 Å². The van der Waals surface area contributed by atoms with Crippen LogP contribution in [0, 0.1) is 11.8 Å². The highest BCUT2D eigenvalue weighted by Gasteiger charge is 2.56. The molecule has 28 heavy (non-hydrogen) atoms. The van der Waals surface area contributed by atoms with Gasteiger partial charge in [-0.2, -0.15) is 0 Å². The van der Waals surface area contributed by atoms with Crippen LogP contribution in [-0.2, 0) is 14.4 Å². The molecule has 0 saturated carbocycles. The van der Waals surface area contributed by atoms with E-state index in [2.05, 4.69) is 0 Å². The molecular weight excluding hydrogens is 380 g/mol. The molecule has 4 N–H and O–H groups in total. The van der Waals surface area contributed by atoms with Crippen molar-refractivity contribution in [3.8, 4) is 0 Å². The van der Waals surface area contributed by atoms with Gasteiger partial charge in [-0.1, -0.05) is 39.8 Å². The number of halogens is 1. The summed E-state index contributed by atoms with van der Waals surface area (Å²) >= 11 is 0. The van der Waals surface area contributed by atoms with Gasteiger partial charge < -0.3 is 21.3 Å². The molecule has 2 rings (SSSR count). The summed E-state index contributed by atoms with van der Waals surface area (Å²) in [6.07, 6.45) is 0. The van der Waals surface area contributed by atoms with Crippen molar-refractivity contribution >= 4 is 41.4 Å². The Hall–Kier alpha value is -1.96. The van der Waals surface area contributed by atoms with E-state index < -0.39 is 29.2 Å². The second kappa shape index (κ2) is 9.03. The molecule has 1 atom stereocenters. The fourth-order valence-electron chi connectivity index (χ4n) is 3.32. The Labute approximate surface area is 172 Å². The smallest absolute Gasteiger partial charge is 0.264 e. The summed E-state index contributed by atoms with van der Waals surface area (Å²) < 4.78 is 0. The molecule has 0 spiro atoms. The van der Waals surface area contributed by atoms with E-state index in [1.807, 2.05) is 27.7 Å². The predicted octanol–water partition coefficient (Wildman–Crippen LogP) is 1.71. The predicted molar refractivity (Wildman–Crippen MR) is 114 cm³/mol. The van der Waals surface area contributed by atoms with E-state index in [1.165, 1.54) is 16.7 Å². The highest BCUT2D eigenvalue weighted by atomic mass is 35.5. The molecule has 0 aliphatic carbocycles. The zero-order valence-electron chi connectivity index (χ0n) is 17.1. The zero-order chi connectivity index (χ0) is 20.5. The number of fused-ring (bicyclic) bond motifs is 1. The second-order valence-electron chi connectivity index (χ2n) is 8.07. The summed E-state index contributed by atoms with van der Waals surface area (Å²) in [7, 11) is 0. The lowest BCUT2D eigenvalue weighted by Crippen LogP contribution is -2.70. The molecule has 1 aromatic carbocycles. The van der Waals surface area contributed by atoms with E-state index in [1.54, 1.807) is 24.3 Å². The lowest BCUT2D eigenvalue weighted by molar-refractivity contribution is -0.142. The van der Waals surface area contributed by atoms with Gasteiger partial charge >= 0.3 is 0 Å². The highest BCUT2D eigenvalue weighted by Crippen LogP contribution is 2.36. The molecule has 1 aliphatic rings. The van der Waals surface area contributed by atoms with Gasteiger partial charge in [0.25, 0.3) is 11.8 Å². The number of benzene rings is 1. The van der Waals surface area contributed by atoms with E-state index >= 15 is 0 Å². The number of para-hydroxylation sites is 2. The van der Waals surface area contributed by atoms with Crippen LogP contribution in [0.4, 0.5) is 11.4 Å². The molecule has 0 bridgehead atoms. The number of hydrogen-bond donors (Lipinski definition) is 2. The first-order valence-corrected chi connectivity index (χ1v) is 9.33. The summed E-state index contributed by atoms with van der Waals surface area (Å²) in [6.45, 7) is 9.95. The largest absolute Gasteiger partial charge is 0.322 e. The molecule has 1 aliphatic heterocycles. The fourth-order valence-corrected chi connectivity index (χ4v) is 3.32. The summed E-state index contributed by atoms with van der Waals surface area (Å²) in [5, 5.41) is 0. The average molecular weight is 411 g/mol. The number of nitrogens with zero attached hydrogens (tertiary/aromatic N) is 2. The third-order valence-electron chi connectivity index (χ3n) is 4.53. The minimum atomic E-state index is -2.34. The Morgan fingerprint density at radius 2 is 1.29 bits per heavy atom. The maximum absolute atomic E-state index is 13.4. The molecule has 156 valence electrons. The Balaban J connectivity index is 0.00000392. The normalized spacial score (nSPS) is 17.3. The van der Waals surface area contributed by atoms with Crippen molar-refractivity contribution in [1.29, 1.82) is 0 Å². The van der Waals surface area contributed by atoms with Gasteiger partial charge in [-0.3, -0.25) is 14.4 Å². The van der Waals surface area contributed by atoms with E-state index in [0.29, 0.717) is 24.5 Å². The Bertz CT molecular complexity index is 700. The lowest BCUT2D eigenvalue weighted by Gasteiger charge is -2.32. The number of amides is 2. The van der Waals surface area contributed by atoms with Crippen LogP contribution >= 0.6 is 12.4 Å². The molecule has 0 radical (unpaired) electrons. The molecule has 7 nitrogen and oxygen atoms in total. The maximum Gasteiger partial charge on any atom is 0.264 e. The van der Waals surface area contributed by atoms with Crippen molar-refractivity contribution < 1.29 is 14.4 Å². The minimum absolute atomic E-state index is 0. The summed E-state index contributed by atoms with van der Waals surface area (Å²) in [5.41, 5.74) is 10.9. The Morgan fingerprint density at radius 3 is 1.57 bits per heavy atom. The Kier molecular flexibility index (Phi) is 7.76. The van der Waals surface area contributed by atoms with Gasteiger partial charge in [-0.05, 0) is 30.9 Å². The van der Waals surface area contributed by atoms with E-state index in [0.717, 1.165) is 0 Å². The number of anilines is 2. The van der Waals surface area contributed by atoms with E-state index in [4.69, 9.17) is 11.5 Å². The molecule has 1 aromatic rings. The third-order valence-corrected chi connectivity index (χ3v) is 4.53. The molecule has 0 unspecified atom stereocenters. The number of rotatable bonds is 6. The van der Waals surface area contributed by atoms with Crippen LogP contribution in [-0.4, -0.2) is 42.3 Å².